The number of methoxy groups -OCH3 is 1. The van der Waals surface area contributed by atoms with Crippen LogP contribution in [0.3, 0.4) is 0 Å². The molecule has 1 unspecified atom stereocenters. The minimum atomic E-state index is -2.76. The second-order valence-electron chi connectivity index (χ2n) is 4.32. The van der Waals surface area contributed by atoms with E-state index in [9.17, 15) is 0 Å². The topological polar surface area (TPSA) is 60.2 Å². The Morgan fingerprint density at radius 1 is 1.63 bits per heavy atom. The largest absolute Gasteiger partial charge is 0.497 e. The molecular formula is C15H21N3O. The molecule has 1 heterocycles. The van der Waals surface area contributed by atoms with Crippen LogP contribution in [0, 0.1) is 0 Å². The van der Waals surface area contributed by atoms with Gasteiger partial charge in [-0.15, -0.1) is 0 Å². The van der Waals surface area contributed by atoms with Crippen molar-refractivity contribution in [3.05, 3.63) is 30.4 Å². The summed E-state index contributed by atoms with van der Waals surface area (Å²) >= 11 is 0. The Kier molecular flexibility index (Phi) is 2.39. The van der Waals surface area contributed by atoms with Crippen LogP contribution in [-0.2, 0) is 0 Å². The minimum Gasteiger partial charge on any atom is -0.497 e. The van der Waals surface area contributed by atoms with Gasteiger partial charge in [0.25, 0.3) is 0 Å². The van der Waals surface area contributed by atoms with Crippen molar-refractivity contribution in [1.29, 1.82) is 0 Å². The number of nitrogens with two attached hydrogens (primary N) is 1. The fourth-order valence-electron chi connectivity index (χ4n) is 1.86. The average molecular weight is 266 g/mol. The van der Waals surface area contributed by atoms with Crippen LogP contribution in [-0.4, -0.2) is 24.6 Å². The highest BCUT2D eigenvalue weighted by molar-refractivity contribution is 5.91. The molecule has 0 spiro atoms. The van der Waals surface area contributed by atoms with Gasteiger partial charge in [-0.3, -0.25) is 4.98 Å². The van der Waals surface area contributed by atoms with Gasteiger partial charge < -0.3 is 15.8 Å². The number of anilines is 1. The predicted octanol–water partition coefficient (Wildman–Crippen LogP) is 2.78. The fraction of sp³-hybridized carbons (Fsp3) is 0.400. The molecule has 0 aliphatic carbocycles. The zero-order valence-electron chi connectivity index (χ0n) is 17.7. The first-order valence-electron chi connectivity index (χ1n) is 9.62. The normalized spacial score (nSPS) is 18.3. The summed E-state index contributed by atoms with van der Waals surface area (Å²) in [5.41, 5.74) is 6.03. The summed E-state index contributed by atoms with van der Waals surface area (Å²) in [5.74, 6) is -0.238. The molecule has 3 N–H and O–H groups in total. The molecular weight excluding hydrogens is 238 g/mol. The average Bonchev–Trinajstić information content (AvgIpc) is 2.53. The van der Waals surface area contributed by atoms with E-state index in [1.54, 1.807) is 0 Å². The number of pyridine rings is 1. The lowest BCUT2D eigenvalue weighted by Crippen LogP contribution is -2.17. The summed E-state index contributed by atoms with van der Waals surface area (Å²) in [5, 5.41) is 3.13. The SMILES string of the molecule is [2H]c1nc2c(NC(C)CCCN)cc(OC([2H])([2H])[2H])c([2H])c2c([2H])c1[2H]. The lowest BCUT2D eigenvalue weighted by Gasteiger charge is -2.17. The molecule has 1 aromatic heterocycles. The Hall–Kier alpha value is -1.81. The van der Waals surface area contributed by atoms with Crippen LogP contribution in [0.4, 0.5) is 5.69 Å². The Labute approximate surface area is 123 Å². The van der Waals surface area contributed by atoms with E-state index < -0.39 is 13.1 Å². The molecule has 1 atom stereocenters. The first-order chi connectivity index (χ1) is 12.0. The molecule has 0 bridgehead atoms. The molecule has 0 saturated carbocycles. The number of hydrogen-bond acceptors (Lipinski definition) is 4. The third-order valence-corrected chi connectivity index (χ3v) is 2.78. The van der Waals surface area contributed by atoms with Gasteiger partial charge in [0.05, 0.1) is 27.8 Å². The Balaban J connectivity index is 2.66. The van der Waals surface area contributed by atoms with Gasteiger partial charge in [0.15, 0.2) is 0 Å². The molecule has 102 valence electrons. The van der Waals surface area contributed by atoms with Crippen molar-refractivity contribution in [2.45, 2.75) is 25.8 Å². The standard InChI is InChI=1S/C15H21N3O/c1-11(5-3-7-16)18-14-10-13(19-2)9-12-6-4-8-17-15(12)14/h4,6,8-11,18H,3,5,7,16H2,1-2H3/i2D3,4D,6D,8D,9D. The number of nitrogens with zero attached hydrogens (tertiary/aromatic N) is 1. The molecule has 2 aromatic rings. The van der Waals surface area contributed by atoms with E-state index in [4.69, 9.17) is 20.1 Å². The predicted molar refractivity (Wildman–Crippen MR) is 79.7 cm³/mol. The van der Waals surface area contributed by atoms with Crippen molar-refractivity contribution in [2.24, 2.45) is 5.73 Å². The van der Waals surface area contributed by atoms with E-state index >= 15 is 0 Å². The Bertz CT molecular complexity index is 810. The molecule has 0 saturated heterocycles. The van der Waals surface area contributed by atoms with Crippen molar-refractivity contribution in [3.8, 4) is 5.75 Å². The second kappa shape index (κ2) is 6.38. The van der Waals surface area contributed by atoms with Crippen LogP contribution in [0.5, 0.6) is 5.75 Å². The summed E-state index contributed by atoms with van der Waals surface area (Å²) in [7, 11) is -2.76. The van der Waals surface area contributed by atoms with Gasteiger partial charge in [0.2, 0.25) is 0 Å². The summed E-state index contributed by atoms with van der Waals surface area (Å²) in [6, 6.07) is 0.158. The van der Waals surface area contributed by atoms with Crippen molar-refractivity contribution in [3.63, 3.8) is 0 Å². The summed E-state index contributed by atoms with van der Waals surface area (Å²) < 4.78 is 58.5. The van der Waals surface area contributed by atoms with Crippen molar-refractivity contribution >= 4 is 16.6 Å². The van der Waals surface area contributed by atoms with E-state index in [1.807, 2.05) is 6.92 Å². The maximum Gasteiger partial charge on any atom is 0.121 e. The highest BCUT2D eigenvalue weighted by Gasteiger charge is 2.08. The molecule has 2 rings (SSSR count). The quantitative estimate of drug-likeness (QED) is 0.844. The fourth-order valence-corrected chi connectivity index (χ4v) is 1.86. The van der Waals surface area contributed by atoms with Crippen molar-refractivity contribution < 1.29 is 14.3 Å². The van der Waals surface area contributed by atoms with Gasteiger partial charge >= 0.3 is 0 Å². The molecule has 0 fully saturated rings. The van der Waals surface area contributed by atoms with Gasteiger partial charge in [0.1, 0.15) is 5.75 Å². The van der Waals surface area contributed by atoms with Crippen LogP contribution in [0.2, 0.25) is 0 Å². The van der Waals surface area contributed by atoms with Crippen LogP contribution < -0.4 is 15.8 Å². The number of ether oxygens (including phenoxy) is 1. The Morgan fingerprint density at radius 3 is 3.32 bits per heavy atom. The Morgan fingerprint density at radius 2 is 2.53 bits per heavy atom. The van der Waals surface area contributed by atoms with E-state index in [0.29, 0.717) is 12.2 Å². The molecule has 4 nitrogen and oxygen atoms in total. The zero-order valence-corrected chi connectivity index (χ0v) is 10.7. The highest BCUT2D eigenvalue weighted by Crippen LogP contribution is 2.28. The first-order valence-corrected chi connectivity index (χ1v) is 6.12. The summed E-state index contributed by atoms with van der Waals surface area (Å²) in [6.07, 6.45) is 1.14. The van der Waals surface area contributed by atoms with E-state index in [0.717, 1.165) is 12.8 Å². The van der Waals surface area contributed by atoms with Gasteiger partial charge in [0, 0.05) is 23.7 Å². The minimum absolute atomic E-state index is 0.0266. The van der Waals surface area contributed by atoms with Gasteiger partial charge in [-0.1, -0.05) is 6.04 Å². The van der Waals surface area contributed by atoms with E-state index in [2.05, 4.69) is 10.3 Å². The molecule has 0 aliphatic heterocycles. The lowest BCUT2D eigenvalue weighted by molar-refractivity contribution is 0.415. The highest BCUT2D eigenvalue weighted by atomic mass is 16.5. The molecule has 1 aromatic carbocycles. The maximum absolute atomic E-state index is 8.19. The lowest BCUT2D eigenvalue weighted by atomic mass is 10.1. The van der Waals surface area contributed by atoms with E-state index in [-0.39, 0.29) is 41.0 Å². The molecule has 0 amide bonds. The van der Waals surface area contributed by atoms with Crippen LogP contribution in [0.15, 0.2) is 30.4 Å². The number of nitrogens with one attached hydrogen (secondary N) is 1. The second-order valence-corrected chi connectivity index (χ2v) is 4.32. The monoisotopic (exact) mass is 266 g/mol. The number of fused-ring (bicyclic) bond motifs is 1. The third-order valence-electron chi connectivity index (χ3n) is 2.78. The van der Waals surface area contributed by atoms with Gasteiger partial charge in [-0.2, -0.15) is 0 Å². The molecule has 0 aliphatic rings. The smallest absolute Gasteiger partial charge is 0.121 e. The van der Waals surface area contributed by atoms with Crippen LogP contribution in [0.1, 0.15) is 29.4 Å². The summed E-state index contributed by atoms with van der Waals surface area (Å²) in [6.45, 7) is 2.43. The third kappa shape index (κ3) is 3.35. The van der Waals surface area contributed by atoms with Crippen LogP contribution in [0.25, 0.3) is 10.9 Å². The first kappa shape index (κ1) is 7.10. The van der Waals surface area contributed by atoms with E-state index in [1.165, 1.54) is 6.07 Å². The number of hydrogen-bond donors (Lipinski definition) is 2. The van der Waals surface area contributed by atoms with Crippen molar-refractivity contribution in [2.75, 3.05) is 18.9 Å². The zero-order chi connectivity index (χ0) is 19.6. The number of rotatable bonds is 6. The van der Waals surface area contributed by atoms with Gasteiger partial charge in [-0.05, 0) is 38.4 Å². The number of aromatic nitrogens is 1. The van der Waals surface area contributed by atoms with Gasteiger partial charge in [-0.25, -0.2) is 0 Å². The summed E-state index contributed by atoms with van der Waals surface area (Å²) in [4.78, 5) is 4.02. The number of benzene rings is 1. The van der Waals surface area contributed by atoms with Crippen molar-refractivity contribution in [1.82, 2.24) is 4.98 Å². The molecule has 0 radical (unpaired) electrons. The maximum atomic E-state index is 8.19. The molecule has 4 heteroatoms. The molecule has 19 heavy (non-hydrogen) atoms. The van der Waals surface area contributed by atoms with Crippen LogP contribution >= 0.6 is 0 Å².